The van der Waals surface area contributed by atoms with Crippen LogP contribution >= 0.6 is 0 Å². The summed E-state index contributed by atoms with van der Waals surface area (Å²) in [4.78, 5) is 0. The van der Waals surface area contributed by atoms with Crippen LogP contribution in [0.5, 0.6) is 5.75 Å². The predicted octanol–water partition coefficient (Wildman–Crippen LogP) is 7.68. The van der Waals surface area contributed by atoms with Crippen LogP contribution in [0.4, 0.5) is 0 Å². The zero-order valence-electron chi connectivity index (χ0n) is 19.3. The van der Waals surface area contributed by atoms with E-state index in [1.807, 2.05) is 0 Å². The zero-order valence-corrected chi connectivity index (χ0v) is 19.3. The van der Waals surface area contributed by atoms with Crippen molar-refractivity contribution in [3.05, 3.63) is 138 Å². The summed E-state index contributed by atoms with van der Waals surface area (Å²) in [7, 11) is 0. The van der Waals surface area contributed by atoms with Crippen molar-refractivity contribution in [3.63, 3.8) is 0 Å². The first-order valence-corrected chi connectivity index (χ1v) is 12.4. The second kappa shape index (κ2) is 9.48. The van der Waals surface area contributed by atoms with Gasteiger partial charge in [-0.3, -0.25) is 0 Å². The van der Waals surface area contributed by atoms with Gasteiger partial charge in [0.15, 0.2) is 0 Å². The van der Waals surface area contributed by atoms with Crippen LogP contribution in [0.1, 0.15) is 53.2 Å². The number of para-hydroxylation sites is 1. The van der Waals surface area contributed by atoms with Crippen LogP contribution < -0.4 is 4.74 Å². The van der Waals surface area contributed by atoms with Crippen LogP contribution in [-0.2, 0) is 11.2 Å². The third-order valence-electron chi connectivity index (χ3n) is 7.45. The average Bonchev–Trinajstić information content (AvgIpc) is 2.92. The lowest BCUT2D eigenvalue weighted by molar-refractivity contribution is -0.133. The molecule has 2 heteroatoms. The van der Waals surface area contributed by atoms with Crippen molar-refractivity contribution in [2.75, 3.05) is 0 Å². The molecular formula is C32H30O2. The fraction of sp³-hybridized carbons (Fsp3) is 0.250. The molecule has 170 valence electrons. The molecule has 0 saturated carbocycles. The van der Waals surface area contributed by atoms with Crippen LogP contribution in [0.2, 0.25) is 0 Å². The van der Waals surface area contributed by atoms with Crippen LogP contribution in [0.3, 0.4) is 0 Å². The molecule has 0 radical (unpaired) electrons. The Morgan fingerprint density at radius 3 is 1.91 bits per heavy atom. The van der Waals surface area contributed by atoms with Gasteiger partial charge in [0.1, 0.15) is 11.9 Å². The highest BCUT2D eigenvalue weighted by atomic mass is 16.5. The maximum atomic E-state index is 6.95. The van der Waals surface area contributed by atoms with Crippen molar-refractivity contribution in [2.45, 2.75) is 43.5 Å². The number of hydrogen-bond acceptors (Lipinski definition) is 2. The topological polar surface area (TPSA) is 18.5 Å². The van der Waals surface area contributed by atoms with Crippen LogP contribution in [0, 0.1) is 5.92 Å². The minimum Gasteiger partial charge on any atom is -0.485 e. The number of ether oxygens (including phenoxy) is 2. The molecule has 2 heterocycles. The van der Waals surface area contributed by atoms with E-state index in [-0.39, 0.29) is 24.2 Å². The monoisotopic (exact) mass is 446 g/mol. The normalized spacial score (nSPS) is 25.6. The van der Waals surface area contributed by atoms with Crippen LogP contribution in [-0.4, -0.2) is 6.10 Å². The average molecular weight is 447 g/mol. The summed E-state index contributed by atoms with van der Waals surface area (Å²) in [5.74, 6) is 1.62. The van der Waals surface area contributed by atoms with Gasteiger partial charge in [-0.25, -0.2) is 0 Å². The van der Waals surface area contributed by atoms with E-state index in [2.05, 4.69) is 115 Å². The lowest BCUT2D eigenvalue weighted by Gasteiger charge is -2.49. The van der Waals surface area contributed by atoms with Gasteiger partial charge in [0.05, 0.1) is 12.2 Å². The highest BCUT2D eigenvalue weighted by molar-refractivity contribution is 5.42. The molecule has 0 unspecified atom stereocenters. The van der Waals surface area contributed by atoms with Crippen molar-refractivity contribution in [3.8, 4) is 5.75 Å². The van der Waals surface area contributed by atoms with Crippen molar-refractivity contribution in [1.82, 2.24) is 0 Å². The van der Waals surface area contributed by atoms with E-state index in [9.17, 15) is 0 Å². The van der Waals surface area contributed by atoms with Gasteiger partial charge in [-0.15, -0.1) is 0 Å². The summed E-state index contributed by atoms with van der Waals surface area (Å²) < 4.78 is 13.7. The summed E-state index contributed by atoms with van der Waals surface area (Å²) in [6.45, 7) is 0. The van der Waals surface area contributed by atoms with Crippen molar-refractivity contribution in [2.24, 2.45) is 5.92 Å². The number of rotatable bonds is 5. The third kappa shape index (κ3) is 4.15. The third-order valence-corrected chi connectivity index (χ3v) is 7.45. The van der Waals surface area contributed by atoms with E-state index in [0.29, 0.717) is 5.92 Å². The molecular weight excluding hydrogens is 416 g/mol. The lowest BCUT2D eigenvalue weighted by Crippen LogP contribution is -2.42. The Morgan fingerprint density at radius 2 is 1.21 bits per heavy atom. The van der Waals surface area contributed by atoms with Crippen molar-refractivity contribution >= 4 is 0 Å². The fourth-order valence-corrected chi connectivity index (χ4v) is 5.85. The Kier molecular flexibility index (Phi) is 5.91. The molecule has 34 heavy (non-hydrogen) atoms. The van der Waals surface area contributed by atoms with Gasteiger partial charge in [-0.2, -0.15) is 0 Å². The molecule has 0 spiro atoms. The van der Waals surface area contributed by atoms with Crippen molar-refractivity contribution in [1.29, 1.82) is 0 Å². The number of benzene rings is 4. The molecule has 0 N–H and O–H groups in total. The van der Waals surface area contributed by atoms with E-state index >= 15 is 0 Å². The van der Waals surface area contributed by atoms with E-state index in [1.54, 1.807) is 0 Å². The van der Waals surface area contributed by atoms with E-state index in [1.165, 1.54) is 22.3 Å². The van der Waals surface area contributed by atoms with Gasteiger partial charge < -0.3 is 9.47 Å². The Bertz CT molecular complexity index is 1210. The van der Waals surface area contributed by atoms with E-state index < -0.39 is 0 Å². The summed E-state index contributed by atoms with van der Waals surface area (Å²) in [5.41, 5.74) is 5.16. The van der Waals surface area contributed by atoms with Crippen LogP contribution in [0.25, 0.3) is 0 Å². The largest absolute Gasteiger partial charge is 0.485 e. The molecule has 0 amide bonds. The molecule has 5 atom stereocenters. The molecule has 1 fully saturated rings. The number of fused-ring (bicyclic) bond motifs is 3. The summed E-state index contributed by atoms with van der Waals surface area (Å²) in [6, 6.07) is 40.8. The quantitative estimate of drug-likeness (QED) is 0.313. The first kappa shape index (κ1) is 21.2. The maximum absolute atomic E-state index is 6.95. The second-order valence-corrected chi connectivity index (χ2v) is 9.52. The molecule has 4 aromatic rings. The first-order chi connectivity index (χ1) is 16.9. The summed E-state index contributed by atoms with van der Waals surface area (Å²) in [5, 5.41) is 0. The highest BCUT2D eigenvalue weighted by Gasteiger charge is 2.48. The lowest BCUT2D eigenvalue weighted by atomic mass is 9.69. The first-order valence-electron chi connectivity index (χ1n) is 12.4. The Morgan fingerprint density at radius 1 is 0.618 bits per heavy atom. The highest BCUT2D eigenvalue weighted by Crippen LogP contribution is 2.56. The van der Waals surface area contributed by atoms with Gasteiger partial charge in [0, 0.05) is 5.92 Å². The molecule has 1 saturated heterocycles. The SMILES string of the molecule is c1ccc(CC[C@H]2C[C@@H]3c4ccccc4O[C@H](c4ccccc4)[C@H]3[C@H](c3ccccc3)O2)cc1. The van der Waals surface area contributed by atoms with Crippen molar-refractivity contribution < 1.29 is 9.47 Å². The Hall–Kier alpha value is -3.36. The van der Waals surface area contributed by atoms with Gasteiger partial charge in [0.25, 0.3) is 0 Å². The standard InChI is InChI=1S/C32H30O2/c1-4-12-23(13-5-1)20-21-26-22-28-27-18-10-11-19-29(27)34-32(25-16-8-3-9-17-25)30(28)31(33-26)24-14-6-2-7-15-24/h1-19,26,28,30-32H,20-22H2/t26-,28+,30+,31-,32+/m0/s1. The smallest absolute Gasteiger partial charge is 0.130 e. The second-order valence-electron chi connectivity index (χ2n) is 9.52. The van der Waals surface area contributed by atoms with Gasteiger partial charge >= 0.3 is 0 Å². The van der Waals surface area contributed by atoms with Crippen LogP contribution in [0.15, 0.2) is 115 Å². The van der Waals surface area contributed by atoms with E-state index in [0.717, 1.165) is 25.0 Å². The molecule has 2 nitrogen and oxygen atoms in total. The summed E-state index contributed by atoms with van der Waals surface area (Å²) >= 11 is 0. The Labute approximate surface area is 202 Å². The molecule has 6 rings (SSSR count). The maximum Gasteiger partial charge on any atom is 0.130 e. The molecule has 4 aromatic carbocycles. The molecule has 0 bridgehead atoms. The minimum atomic E-state index is -0.0404. The van der Waals surface area contributed by atoms with Gasteiger partial charge in [0.2, 0.25) is 0 Å². The number of hydrogen-bond donors (Lipinski definition) is 0. The molecule has 2 aliphatic heterocycles. The predicted molar refractivity (Wildman–Crippen MR) is 136 cm³/mol. The molecule has 2 aliphatic rings. The fourth-order valence-electron chi connectivity index (χ4n) is 5.85. The van der Waals surface area contributed by atoms with Gasteiger partial charge in [-0.05, 0) is 53.5 Å². The minimum absolute atomic E-state index is 0.0146. The Balaban J connectivity index is 1.39. The van der Waals surface area contributed by atoms with Gasteiger partial charge in [-0.1, -0.05) is 109 Å². The number of aryl methyl sites for hydroxylation is 1. The summed E-state index contributed by atoms with van der Waals surface area (Å²) in [6.07, 6.45) is 3.22. The zero-order chi connectivity index (χ0) is 22.7. The molecule has 0 aromatic heterocycles. The molecule has 0 aliphatic carbocycles. The van der Waals surface area contributed by atoms with E-state index in [4.69, 9.17) is 9.47 Å².